The molecule has 2 atom stereocenters. The first-order chi connectivity index (χ1) is 18.1. The van der Waals surface area contributed by atoms with E-state index in [2.05, 4.69) is 124 Å². The topological polar surface area (TPSA) is 43.8 Å². The number of nitrogens with zero attached hydrogens (tertiary/aromatic N) is 2. The summed E-state index contributed by atoms with van der Waals surface area (Å²) in [5.41, 5.74) is 3.75. The second kappa shape index (κ2) is 12.2. The van der Waals surface area contributed by atoms with Gasteiger partial charge in [-0.15, -0.1) is 0 Å². The minimum absolute atomic E-state index is 0.0195. The SMILES string of the molecule is CC(C)(CC(CCN(Cc1ccccc1)Cc1ccccc1)c1ccccc1)C1CN(C(=O)O)C(C)(C)C1. The van der Waals surface area contributed by atoms with Crippen molar-refractivity contribution in [1.82, 2.24) is 9.80 Å². The molecule has 0 saturated carbocycles. The second-order valence-electron chi connectivity index (χ2n) is 12.4. The Morgan fingerprint density at radius 1 is 0.921 bits per heavy atom. The van der Waals surface area contributed by atoms with Gasteiger partial charge in [0, 0.05) is 25.2 Å². The van der Waals surface area contributed by atoms with E-state index in [4.69, 9.17) is 0 Å². The summed E-state index contributed by atoms with van der Waals surface area (Å²) >= 11 is 0. The fourth-order valence-corrected chi connectivity index (χ4v) is 6.25. The van der Waals surface area contributed by atoms with Crippen LogP contribution in [0.25, 0.3) is 0 Å². The van der Waals surface area contributed by atoms with Crippen LogP contribution in [0, 0.1) is 11.3 Å². The molecule has 0 radical (unpaired) electrons. The first kappa shape index (κ1) is 27.9. The highest BCUT2D eigenvalue weighted by atomic mass is 16.4. The Morgan fingerprint density at radius 3 is 1.89 bits per heavy atom. The zero-order valence-electron chi connectivity index (χ0n) is 23.5. The van der Waals surface area contributed by atoms with Crippen LogP contribution in [-0.2, 0) is 13.1 Å². The van der Waals surface area contributed by atoms with Crippen LogP contribution in [0.2, 0.25) is 0 Å². The molecule has 1 amide bonds. The molecule has 0 bridgehead atoms. The smallest absolute Gasteiger partial charge is 0.407 e. The highest BCUT2D eigenvalue weighted by Gasteiger charge is 2.47. The van der Waals surface area contributed by atoms with E-state index in [9.17, 15) is 9.90 Å². The predicted molar refractivity (Wildman–Crippen MR) is 156 cm³/mol. The van der Waals surface area contributed by atoms with Crippen LogP contribution in [0.5, 0.6) is 0 Å². The van der Waals surface area contributed by atoms with Crippen LogP contribution in [0.3, 0.4) is 0 Å². The number of carboxylic acid groups (broad SMARTS) is 1. The number of likely N-dealkylation sites (tertiary alicyclic amines) is 1. The maximum Gasteiger partial charge on any atom is 0.407 e. The lowest BCUT2D eigenvalue weighted by Crippen LogP contribution is -2.41. The van der Waals surface area contributed by atoms with Gasteiger partial charge in [-0.1, -0.05) is 105 Å². The Balaban J connectivity index is 1.52. The minimum atomic E-state index is -0.801. The van der Waals surface area contributed by atoms with Crippen LogP contribution in [0.15, 0.2) is 91.0 Å². The summed E-state index contributed by atoms with van der Waals surface area (Å²) < 4.78 is 0. The minimum Gasteiger partial charge on any atom is -0.465 e. The zero-order valence-corrected chi connectivity index (χ0v) is 23.5. The van der Waals surface area contributed by atoms with E-state index in [0.29, 0.717) is 18.4 Å². The summed E-state index contributed by atoms with van der Waals surface area (Å²) in [4.78, 5) is 16.2. The maximum absolute atomic E-state index is 11.9. The molecule has 38 heavy (non-hydrogen) atoms. The molecule has 1 fully saturated rings. The lowest BCUT2D eigenvalue weighted by molar-refractivity contribution is 0.115. The lowest BCUT2D eigenvalue weighted by Gasteiger charge is -2.36. The molecule has 1 aliphatic rings. The van der Waals surface area contributed by atoms with E-state index in [-0.39, 0.29) is 11.0 Å². The molecular formula is C34H44N2O2. The monoisotopic (exact) mass is 512 g/mol. The first-order valence-corrected chi connectivity index (χ1v) is 14.0. The molecule has 3 aromatic rings. The van der Waals surface area contributed by atoms with Crippen molar-refractivity contribution in [2.45, 2.75) is 71.5 Å². The molecule has 4 nitrogen and oxygen atoms in total. The summed E-state index contributed by atoms with van der Waals surface area (Å²) in [5.74, 6) is 0.742. The van der Waals surface area contributed by atoms with Crippen LogP contribution in [0.1, 0.15) is 69.6 Å². The number of amides is 1. The summed E-state index contributed by atoms with van der Waals surface area (Å²) in [6, 6.07) is 32.4. The van der Waals surface area contributed by atoms with Crippen LogP contribution in [0.4, 0.5) is 4.79 Å². The van der Waals surface area contributed by atoms with E-state index in [0.717, 1.165) is 38.9 Å². The summed E-state index contributed by atoms with van der Waals surface area (Å²) in [7, 11) is 0. The largest absolute Gasteiger partial charge is 0.465 e. The fourth-order valence-electron chi connectivity index (χ4n) is 6.25. The third kappa shape index (κ3) is 7.26. The van der Waals surface area contributed by atoms with Gasteiger partial charge in [0.1, 0.15) is 0 Å². The van der Waals surface area contributed by atoms with Gasteiger partial charge in [-0.25, -0.2) is 4.79 Å². The molecule has 1 heterocycles. The van der Waals surface area contributed by atoms with Gasteiger partial charge in [0.05, 0.1) is 0 Å². The molecular weight excluding hydrogens is 468 g/mol. The third-order valence-corrected chi connectivity index (χ3v) is 8.55. The standard InChI is InChI=1S/C34H44N2O2/c1-33(2,31-23-34(3,4)36(26-31)32(37)38)22-30(29-18-12-7-13-19-29)20-21-35(24-27-14-8-5-9-15-27)25-28-16-10-6-11-17-28/h5-19,30-31H,20-26H2,1-4H3,(H,37,38). The van der Waals surface area contributed by atoms with E-state index in [1.54, 1.807) is 4.90 Å². The Hall–Kier alpha value is -3.11. The Kier molecular flexibility index (Phi) is 8.94. The quantitative estimate of drug-likeness (QED) is 0.283. The van der Waals surface area contributed by atoms with E-state index in [1.165, 1.54) is 16.7 Å². The van der Waals surface area contributed by atoms with Crippen molar-refractivity contribution in [3.8, 4) is 0 Å². The van der Waals surface area contributed by atoms with Crippen molar-refractivity contribution in [1.29, 1.82) is 0 Å². The molecule has 2 unspecified atom stereocenters. The molecule has 0 aromatic heterocycles. The van der Waals surface area contributed by atoms with Crippen LogP contribution < -0.4 is 0 Å². The van der Waals surface area contributed by atoms with E-state index >= 15 is 0 Å². The molecule has 202 valence electrons. The zero-order chi connectivity index (χ0) is 27.2. The van der Waals surface area contributed by atoms with Crippen molar-refractivity contribution in [2.75, 3.05) is 13.1 Å². The van der Waals surface area contributed by atoms with Crippen LogP contribution >= 0.6 is 0 Å². The number of carbonyl (C=O) groups is 1. The highest BCUT2D eigenvalue weighted by Crippen LogP contribution is 2.47. The van der Waals surface area contributed by atoms with Crippen molar-refractivity contribution >= 4 is 6.09 Å². The average Bonchev–Trinajstić information content (AvgIpc) is 3.24. The summed E-state index contributed by atoms with van der Waals surface area (Å²) in [6.45, 7) is 12.3. The van der Waals surface area contributed by atoms with Crippen molar-refractivity contribution in [3.05, 3.63) is 108 Å². The highest BCUT2D eigenvalue weighted by molar-refractivity contribution is 5.66. The first-order valence-electron chi connectivity index (χ1n) is 14.0. The number of hydrogen-bond acceptors (Lipinski definition) is 2. The van der Waals surface area contributed by atoms with Gasteiger partial charge in [-0.05, 0) is 73.6 Å². The van der Waals surface area contributed by atoms with Gasteiger partial charge in [-0.2, -0.15) is 0 Å². The van der Waals surface area contributed by atoms with Gasteiger partial charge in [0.25, 0.3) is 0 Å². The van der Waals surface area contributed by atoms with E-state index < -0.39 is 6.09 Å². The van der Waals surface area contributed by atoms with Gasteiger partial charge >= 0.3 is 6.09 Å². The second-order valence-corrected chi connectivity index (χ2v) is 12.4. The van der Waals surface area contributed by atoms with Crippen molar-refractivity contribution in [2.24, 2.45) is 11.3 Å². The Morgan fingerprint density at radius 2 is 1.42 bits per heavy atom. The van der Waals surface area contributed by atoms with Crippen molar-refractivity contribution < 1.29 is 9.90 Å². The number of rotatable bonds is 11. The van der Waals surface area contributed by atoms with Gasteiger partial charge in [0.15, 0.2) is 0 Å². The molecule has 0 spiro atoms. The fraction of sp³-hybridized carbons (Fsp3) is 0.441. The Bertz CT molecular complexity index is 1100. The van der Waals surface area contributed by atoms with E-state index in [1.807, 2.05) is 0 Å². The molecule has 1 saturated heterocycles. The predicted octanol–water partition coefficient (Wildman–Crippen LogP) is 8.06. The third-order valence-electron chi connectivity index (χ3n) is 8.55. The molecule has 4 rings (SSSR count). The summed E-state index contributed by atoms with van der Waals surface area (Å²) in [6.07, 6.45) is 2.20. The molecule has 1 N–H and O–H groups in total. The van der Waals surface area contributed by atoms with Gasteiger partial charge in [-0.3, -0.25) is 4.90 Å². The lowest BCUT2D eigenvalue weighted by atomic mass is 9.69. The van der Waals surface area contributed by atoms with Crippen molar-refractivity contribution in [3.63, 3.8) is 0 Å². The molecule has 1 aliphatic heterocycles. The molecule has 4 heteroatoms. The average molecular weight is 513 g/mol. The molecule has 3 aromatic carbocycles. The van der Waals surface area contributed by atoms with Crippen LogP contribution in [-0.4, -0.2) is 39.6 Å². The van der Waals surface area contributed by atoms with Gasteiger partial charge in [0.2, 0.25) is 0 Å². The maximum atomic E-state index is 11.9. The summed E-state index contributed by atoms with van der Waals surface area (Å²) in [5, 5.41) is 9.80. The Labute approximate surface area is 229 Å². The number of hydrogen-bond donors (Lipinski definition) is 1. The number of benzene rings is 3. The normalized spacial score (nSPS) is 18.0. The molecule has 0 aliphatic carbocycles. The van der Waals surface area contributed by atoms with Gasteiger partial charge < -0.3 is 10.0 Å².